The van der Waals surface area contributed by atoms with Gasteiger partial charge in [0.2, 0.25) is 17.1 Å². The van der Waals surface area contributed by atoms with E-state index >= 15 is 0 Å². The number of aromatic hydroxyl groups is 2. The van der Waals surface area contributed by atoms with Gasteiger partial charge in [0, 0.05) is 65.8 Å². The molecule has 1 amide bonds. The number of carbonyl (C=O) groups excluding carboxylic acids is 4. The molecule has 2 aliphatic heterocycles. The summed E-state index contributed by atoms with van der Waals surface area (Å²) in [5.41, 5.74) is 2.63. The van der Waals surface area contributed by atoms with Crippen LogP contribution in [-0.2, 0) is 47.0 Å². The zero-order valence-electron chi connectivity index (χ0n) is 45.0. The van der Waals surface area contributed by atoms with Gasteiger partial charge in [-0.2, -0.15) is 0 Å². The average Bonchev–Trinajstić information content (AvgIpc) is 3.63. The fourth-order valence-electron chi connectivity index (χ4n) is 10.6. The highest BCUT2D eigenvalue weighted by molar-refractivity contribution is 6.30. The van der Waals surface area contributed by atoms with E-state index in [0.29, 0.717) is 79.0 Å². The van der Waals surface area contributed by atoms with Crippen LogP contribution in [0.4, 0.5) is 0 Å². The number of allylic oxidation sites excluding steroid dienone is 3. The number of aliphatic hydroxyl groups excluding tert-OH is 1. The van der Waals surface area contributed by atoms with Gasteiger partial charge in [0.25, 0.3) is 5.56 Å². The molecular weight excluding hydrogens is 921 g/mol. The number of nitrogens with one attached hydrogen (secondary N) is 2. The summed E-state index contributed by atoms with van der Waals surface area (Å²) in [5.74, 6) is -2.04. The van der Waals surface area contributed by atoms with Gasteiger partial charge in [-0.05, 0) is 155 Å². The molecule has 0 saturated carbocycles. The SMILES string of the molecule is CCC(C)(C)C(=O)NC1=CC(N(CCOC(=O)C2(C)CCc3c(C)c(O)c(C)c(C)c3O2)CCOC(=O)C2(C)CCc3c(C)c(O)c(C)c(C)c3O2)CCC1C1C(=O)C(c2c(C)[nH]n(C(C)(C)C)c2=O)=C1O. The number of fused-ring (bicyclic) bond motifs is 2. The van der Waals surface area contributed by atoms with Gasteiger partial charge in [-0.1, -0.05) is 20.8 Å². The standard InChI is InChI=1S/C56H76N4O12/c1-16-54(12,13)50(66)57-39-27-35(17-18-38(39)41-45(63)42(46(41)64)40-34(8)58-60(49(40)65)53(9,10)11)59(23-25-69-51(67)55(14)21-19-36-32(6)43(61)28(2)30(4)47(36)71-55)24-26-70-52(68)56(15)22-20-37-33(7)44(62)29(3)31(5)48(37)72-56/h27,35,38,41,58,61-63H,16-26H2,1-15H3,(H,57,66). The van der Waals surface area contributed by atoms with Gasteiger partial charge in [-0.25, -0.2) is 14.3 Å². The Balaban J connectivity index is 1.16. The van der Waals surface area contributed by atoms with E-state index in [1.54, 1.807) is 20.8 Å². The number of hydrogen-bond donors (Lipinski definition) is 5. The van der Waals surface area contributed by atoms with E-state index in [1.807, 2.05) is 94.1 Å². The molecule has 2 aromatic carbocycles. The van der Waals surface area contributed by atoms with Crippen LogP contribution >= 0.6 is 0 Å². The molecule has 3 aromatic rings. The number of phenols is 2. The van der Waals surface area contributed by atoms with Crippen molar-refractivity contribution in [2.24, 2.45) is 17.3 Å². The van der Waals surface area contributed by atoms with Gasteiger partial charge in [0.15, 0.2) is 5.78 Å². The summed E-state index contributed by atoms with van der Waals surface area (Å²) in [4.78, 5) is 71.9. The molecule has 16 nitrogen and oxygen atoms in total. The lowest BCUT2D eigenvalue weighted by Crippen LogP contribution is -2.49. The highest BCUT2D eigenvalue weighted by Crippen LogP contribution is 2.48. The number of hydrogen-bond acceptors (Lipinski definition) is 13. The fraction of sp³-hybridized carbons (Fsp3) is 0.589. The van der Waals surface area contributed by atoms with Crippen LogP contribution in [0.3, 0.4) is 0 Å². The molecule has 5 atom stereocenters. The third-order valence-electron chi connectivity index (χ3n) is 16.4. The Kier molecular flexibility index (Phi) is 14.5. The molecule has 4 aliphatic rings. The third kappa shape index (κ3) is 9.43. The number of aliphatic hydroxyl groups is 1. The Labute approximate surface area is 423 Å². The van der Waals surface area contributed by atoms with E-state index in [9.17, 15) is 39.3 Å². The first-order chi connectivity index (χ1) is 33.5. The lowest BCUT2D eigenvalue weighted by atomic mass is 9.67. The Hall–Kier alpha value is -6.03. The number of rotatable bonds is 14. The normalized spacial score (nSPS) is 23.1. The molecule has 5 unspecified atom stereocenters. The van der Waals surface area contributed by atoms with E-state index in [4.69, 9.17) is 18.9 Å². The Morgan fingerprint density at radius 3 is 1.69 bits per heavy atom. The average molecular weight is 997 g/mol. The highest BCUT2D eigenvalue weighted by Gasteiger charge is 2.50. The number of Topliss-reactive ketones (excluding diaryl/α,β-unsaturated/α-hetero) is 1. The molecule has 16 heteroatoms. The van der Waals surface area contributed by atoms with Crippen LogP contribution in [0.2, 0.25) is 0 Å². The number of ketones is 1. The van der Waals surface area contributed by atoms with Crippen LogP contribution in [0.1, 0.15) is 143 Å². The first-order valence-electron chi connectivity index (χ1n) is 25.4. The molecule has 0 spiro atoms. The van der Waals surface area contributed by atoms with Crippen molar-refractivity contribution in [2.75, 3.05) is 26.3 Å². The molecule has 72 heavy (non-hydrogen) atoms. The molecule has 3 heterocycles. The predicted molar refractivity (Wildman–Crippen MR) is 272 cm³/mol. The van der Waals surface area contributed by atoms with E-state index in [0.717, 1.165) is 33.4 Å². The van der Waals surface area contributed by atoms with E-state index < -0.39 is 63.3 Å². The van der Waals surface area contributed by atoms with Crippen molar-refractivity contribution < 1.29 is 53.4 Å². The molecule has 1 aromatic heterocycles. The summed E-state index contributed by atoms with van der Waals surface area (Å²) in [6, 6.07) is -0.422. The van der Waals surface area contributed by atoms with Crippen LogP contribution in [0.15, 0.2) is 22.3 Å². The van der Waals surface area contributed by atoms with Gasteiger partial charge in [-0.15, -0.1) is 0 Å². The second kappa shape index (κ2) is 19.4. The second-order valence-corrected chi connectivity index (χ2v) is 22.6. The molecular formula is C56H76N4O12. The fourth-order valence-corrected chi connectivity index (χ4v) is 10.6. The minimum Gasteiger partial charge on any atom is -0.511 e. The molecule has 7 rings (SSSR count). The van der Waals surface area contributed by atoms with Crippen molar-refractivity contribution >= 4 is 29.2 Å². The van der Waals surface area contributed by atoms with Gasteiger partial charge in [-0.3, -0.25) is 24.4 Å². The van der Waals surface area contributed by atoms with E-state index in [1.165, 1.54) is 4.68 Å². The smallest absolute Gasteiger partial charge is 0.350 e. The van der Waals surface area contributed by atoms with Gasteiger partial charge >= 0.3 is 11.9 Å². The monoisotopic (exact) mass is 997 g/mol. The number of nitrogens with zero attached hydrogens (tertiary/aromatic N) is 2. The van der Waals surface area contributed by atoms with Crippen molar-refractivity contribution in [3.8, 4) is 23.0 Å². The second-order valence-electron chi connectivity index (χ2n) is 22.6. The number of esters is 2. The summed E-state index contributed by atoms with van der Waals surface area (Å²) in [5, 5.41) is 39.4. The highest BCUT2D eigenvalue weighted by atomic mass is 16.6. The van der Waals surface area contributed by atoms with Crippen LogP contribution in [-0.4, -0.2) is 97.2 Å². The van der Waals surface area contributed by atoms with Crippen molar-refractivity contribution in [3.63, 3.8) is 0 Å². The lowest BCUT2D eigenvalue weighted by Gasteiger charge is -2.41. The van der Waals surface area contributed by atoms with Crippen molar-refractivity contribution in [2.45, 2.75) is 172 Å². The third-order valence-corrected chi connectivity index (χ3v) is 16.4. The first-order valence-corrected chi connectivity index (χ1v) is 25.4. The zero-order valence-corrected chi connectivity index (χ0v) is 45.0. The number of amides is 1. The summed E-state index contributed by atoms with van der Waals surface area (Å²) >= 11 is 0. The number of ether oxygens (including phenoxy) is 4. The molecule has 2 aliphatic carbocycles. The topological polar surface area (TPSA) is 219 Å². The van der Waals surface area contributed by atoms with Gasteiger partial charge < -0.3 is 39.6 Å². The van der Waals surface area contributed by atoms with Crippen LogP contribution in [0.25, 0.3) is 5.57 Å². The van der Waals surface area contributed by atoms with Crippen molar-refractivity contribution in [3.05, 3.63) is 83.7 Å². The Morgan fingerprint density at radius 1 is 0.778 bits per heavy atom. The number of phenolic OH excluding ortho intramolecular Hbond substituents is 2. The molecule has 0 saturated heterocycles. The van der Waals surface area contributed by atoms with Crippen molar-refractivity contribution in [1.29, 1.82) is 0 Å². The van der Waals surface area contributed by atoms with Crippen molar-refractivity contribution in [1.82, 2.24) is 20.0 Å². The number of aryl methyl sites for hydroxylation is 1. The maximum absolute atomic E-state index is 14.3. The quantitative estimate of drug-likeness (QED) is 0.0965. The number of aromatic amines is 1. The molecule has 0 fully saturated rings. The van der Waals surface area contributed by atoms with Crippen LogP contribution in [0.5, 0.6) is 23.0 Å². The molecule has 0 radical (unpaired) electrons. The van der Waals surface area contributed by atoms with Crippen LogP contribution < -0.4 is 20.3 Å². The predicted octanol–water partition coefficient (Wildman–Crippen LogP) is 8.14. The zero-order chi connectivity index (χ0) is 53.3. The van der Waals surface area contributed by atoms with Gasteiger partial charge in [0.1, 0.15) is 42.0 Å². The minimum absolute atomic E-state index is 0.0240. The Bertz CT molecular complexity index is 2750. The summed E-state index contributed by atoms with van der Waals surface area (Å²) in [6.07, 6.45) is 4.86. The number of carbonyl (C=O) groups is 4. The van der Waals surface area contributed by atoms with Gasteiger partial charge in [0.05, 0.1) is 22.6 Å². The first kappa shape index (κ1) is 53.8. The largest absolute Gasteiger partial charge is 0.511 e. The molecule has 392 valence electrons. The summed E-state index contributed by atoms with van der Waals surface area (Å²) in [7, 11) is 0. The maximum Gasteiger partial charge on any atom is 0.350 e. The molecule has 5 N–H and O–H groups in total. The Morgan fingerprint density at radius 2 is 1.26 bits per heavy atom. The van der Waals surface area contributed by atoms with E-state index in [2.05, 4.69) is 10.4 Å². The van der Waals surface area contributed by atoms with E-state index in [-0.39, 0.29) is 60.6 Å². The summed E-state index contributed by atoms with van der Waals surface area (Å²) in [6.45, 7) is 27.5. The lowest BCUT2D eigenvalue weighted by molar-refractivity contribution is -0.163. The molecule has 0 bridgehead atoms. The summed E-state index contributed by atoms with van der Waals surface area (Å²) < 4.78 is 26.3. The number of benzene rings is 2. The number of H-pyrrole nitrogens is 1. The minimum atomic E-state index is -1.31. The maximum atomic E-state index is 14.3. The number of aromatic nitrogens is 2. The van der Waals surface area contributed by atoms with Crippen LogP contribution in [0, 0.1) is 65.7 Å².